The van der Waals surface area contributed by atoms with Crippen molar-refractivity contribution in [2.45, 2.75) is 13.5 Å². The molecular formula is C15H9IrN4-. The smallest absolute Gasteiger partial charge is 0.147 e. The van der Waals surface area contributed by atoms with Crippen LogP contribution in [0.1, 0.15) is 12.5 Å². The van der Waals surface area contributed by atoms with Gasteiger partial charge in [-0.1, -0.05) is 10.9 Å². The van der Waals surface area contributed by atoms with Crippen LogP contribution in [0.3, 0.4) is 0 Å². The molecule has 0 spiro atoms. The van der Waals surface area contributed by atoms with E-state index in [9.17, 15) is 0 Å². The fourth-order valence-corrected chi connectivity index (χ4v) is 2.41. The molecule has 5 heteroatoms. The summed E-state index contributed by atoms with van der Waals surface area (Å²) in [6, 6.07) is 10.5. The Labute approximate surface area is 129 Å². The summed E-state index contributed by atoms with van der Waals surface area (Å²) >= 11 is 0. The van der Waals surface area contributed by atoms with Crippen LogP contribution < -0.4 is 0 Å². The second-order valence-electron chi connectivity index (χ2n) is 4.13. The second kappa shape index (κ2) is 5.43. The van der Waals surface area contributed by atoms with E-state index in [0.29, 0.717) is 11.3 Å². The molecule has 20 heavy (non-hydrogen) atoms. The average Bonchev–Trinajstić information content (AvgIpc) is 2.80. The number of rotatable bonds is 1. The van der Waals surface area contributed by atoms with Crippen molar-refractivity contribution in [1.82, 2.24) is 9.55 Å². The maximum atomic E-state index is 9.04. The fraction of sp³-hybridized carbons (Fsp3) is 0.133. The molecule has 3 aromatic rings. The molecule has 0 unspecified atom stereocenters. The number of hydrogen-bond acceptors (Lipinski definition) is 2. The Morgan fingerprint density at radius 2 is 2.35 bits per heavy atom. The summed E-state index contributed by atoms with van der Waals surface area (Å²) in [6.07, 6.45) is 1.71. The zero-order valence-corrected chi connectivity index (χ0v) is 13.0. The molecule has 3 rings (SSSR count). The third-order valence-electron chi connectivity index (χ3n) is 3.16. The third kappa shape index (κ3) is 1.89. The van der Waals surface area contributed by atoms with Gasteiger partial charge in [-0.25, -0.2) is 5.26 Å². The molecule has 0 bridgehead atoms. The van der Waals surface area contributed by atoms with Gasteiger partial charge in [0, 0.05) is 43.9 Å². The molecule has 0 atom stereocenters. The van der Waals surface area contributed by atoms with Crippen molar-refractivity contribution in [3.8, 4) is 6.07 Å². The second-order valence-corrected chi connectivity index (χ2v) is 4.13. The summed E-state index contributed by atoms with van der Waals surface area (Å²) in [6.45, 7) is 10.1. The predicted molar refractivity (Wildman–Crippen MR) is 72.7 cm³/mol. The first kappa shape index (κ1) is 14.2. The minimum absolute atomic E-state index is 0. The number of aromatic nitrogens is 2. The van der Waals surface area contributed by atoms with Gasteiger partial charge in [-0.3, -0.25) is 9.83 Å². The maximum Gasteiger partial charge on any atom is 0.147 e. The molecular weight excluding hydrogens is 428 g/mol. The van der Waals surface area contributed by atoms with Crippen molar-refractivity contribution in [3.05, 3.63) is 47.4 Å². The van der Waals surface area contributed by atoms with Gasteiger partial charge < -0.3 is 4.57 Å². The maximum absolute atomic E-state index is 9.04. The summed E-state index contributed by atoms with van der Waals surface area (Å²) < 4.78 is 2.04. The molecule has 2 aromatic heterocycles. The van der Waals surface area contributed by atoms with Gasteiger partial charge in [0.05, 0.1) is 6.57 Å². The molecule has 0 saturated heterocycles. The summed E-state index contributed by atoms with van der Waals surface area (Å²) in [5.74, 6) is 0. The van der Waals surface area contributed by atoms with Gasteiger partial charge in [0.15, 0.2) is 0 Å². The zero-order chi connectivity index (χ0) is 13.4. The Bertz CT molecular complexity index is 881. The SMILES string of the molecule is [C-]#[N+]c1cc(C#N)[c-]c2c3ncccc3n(CC)c12.[Ir]. The fourth-order valence-electron chi connectivity index (χ4n) is 2.41. The number of pyridine rings is 1. The van der Waals surface area contributed by atoms with E-state index in [2.05, 4.69) is 15.9 Å². The number of fused-ring (bicyclic) bond motifs is 3. The molecule has 2 heterocycles. The first-order chi connectivity index (χ1) is 9.30. The van der Waals surface area contributed by atoms with Crippen molar-refractivity contribution in [1.29, 1.82) is 5.26 Å². The largest absolute Gasteiger partial charge is 0.388 e. The van der Waals surface area contributed by atoms with Crippen LogP contribution in [0.25, 0.3) is 26.8 Å². The van der Waals surface area contributed by atoms with Crippen LogP contribution in [0.2, 0.25) is 0 Å². The van der Waals surface area contributed by atoms with Crippen LogP contribution in [-0.2, 0) is 26.7 Å². The number of nitriles is 1. The van der Waals surface area contributed by atoms with Gasteiger partial charge in [-0.2, -0.15) is 0 Å². The Hall–Kier alpha value is -2.20. The van der Waals surface area contributed by atoms with E-state index in [-0.39, 0.29) is 20.1 Å². The van der Waals surface area contributed by atoms with Crippen LogP contribution in [-0.4, -0.2) is 9.55 Å². The molecule has 0 aliphatic carbocycles. The van der Waals surface area contributed by atoms with Crippen LogP contribution in [0.15, 0.2) is 24.4 Å². The summed E-state index contributed by atoms with van der Waals surface area (Å²) in [5, 5.41) is 9.79. The van der Waals surface area contributed by atoms with E-state index >= 15 is 0 Å². The van der Waals surface area contributed by atoms with Gasteiger partial charge in [0.1, 0.15) is 5.69 Å². The van der Waals surface area contributed by atoms with Gasteiger partial charge in [-0.15, -0.1) is 12.1 Å². The minimum atomic E-state index is 0. The quantitative estimate of drug-likeness (QED) is 0.548. The molecule has 0 aliphatic rings. The van der Waals surface area contributed by atoms with E-state index in [0.717, 1.165) is 28.5 Å². The van der Waals surface area contributed by atoms with E-state index in [1.807, 2.05) is 29.7 Å². The molecule has 0 amide bonds. The van der Waals surface area contributed by atoms with E-state index in [1.54, 1.807) is 12.3 Å². The number of hydrogen-bond donors (Lipinski definition) is 0. The molecule has 0 fully saturated rings. The molecule has 4 nitrogen and oxygen atoms in total. The topological polar surface area (TPSA) is 46.0 Å². The number of aryl methyl sites for hydroxylation is 1. The summed E-state index contributed by atoms with van der Waals surface area (Å²) in [5.41, 5.74) is 3.42. The summed E-state index contributed by atoms with van der Waals surface area (Å²) in [7, 11) is 0. The van der Waals surface area contributed by atoms with Gasteiger partial charge in [0.2, 0.25) is 0 Å². The van der Waals surface area contributed by atoms with Crippen molar-refractivity contribution in [3.63, 3.8) is 0 Å². The zero-order valence-electron chi connectivity index (χ0n) is 10.6. The Morgan fingerprint density at radius 1 is 1.55 bits per heavy atom. The normalized spacial score (nSPS) is 9.95. The van der Waals surface area contributed by atoms with E-state index in [4.69, 9.17) is 11.8 Å². The van der Waals surface area contributed by atoms with Gasteiger partial charge >= 0.3 is 0 Å². The average molecular weight is 437 g/mol. The number of benzene rings is 1. The molecule has 1 radical (unpaired) electrons. The van der Waals surface area contributed by atoms with Crippen LogP contribution in [0, 0.1) is 24.0 Å². The summed E-state index contributed by atoms with van der Waals surface area (Å²) in [4.78, 5) is 7.91. The molecule has 1 aromatic carbocycles. The van der Waals surface area contributed by atoms with Crippen molar-refractivity contribution in [2.75, 3.05) is 0 Å². The molecule has 0 saturated carbocycles. The molecule has 99 valence electrons. The first-order valence-electron chi connectivity index (χ1n) is 5.91. The molecule has 0 N–H and O–H groups in total. The van der Waals surface area contributed by atoms with Crippen molar-refractivity contribution >= 4 is 27.6 Å². The Kier molecular flexibility index (Phi) is 3.86. The van der Waals surface area contributed by atoms with Crippen LogP contribution in [0.4, 0.5) is 5.69 Å². The Balaban J connectivity index is 0.00000147. The van der Waals surface area contributed by atoms with Gasteiger partial charge in [-0.05, 0) is 30.6 Å². The van der Waals surface area contributed by atoms with Crippen LogP contribution >= 0.6 is 0 Å². The van der Waals surface area contributed by atoms with E-state index < -0.39 is 0 Å². The monoisotopic (exact) mass is 438 g/mol. The molecule has 0 aliphatic heterocycles. The third-order valence-corrected chi connectivity index (χ3v) is 3.16. The van der Waals surface area contributed by atoms with Crippen molar-refractivity contribution in [2.24, 2.45) is 0 Å². The van der Waals surface area contributed by atoms with Crippen LogP contribution in [0.5, 0.6) is 0 Å². The Morgan fingerprint density at radius 3 is 3.00 bits per heavy atom. The first-order valence-corrected chi connectivity index (χ1v) is 5.91. The van der Waals surface area contributed by atoms with E-state index in [1.165, 1.54) is 0 Å². The standard InChI is InChI=1S/C15H9N4.Ir/c1-3-19-13-5-4-6-18-14(13)11-7-10(9-16)8-12(17-2)15(11)19;/h4-6,8H,3H2,1H3;/q-1;. The predicted octanol–water partition coefficient (Wildman–Crippen LogP) is 3.43. The van der Waals surface area contributed by atoms with Crippen molar-refractivity contribution < 1.29 is 20.1 Å². The minimum Gasteiger partial charge on any atom is -0.388 e. The van der Waals surface area contributed by atoms with Gasteiger partial charge in [0.25, 0.3) is 0 Å². The number of nitrogens with zero attached hydrogens (tertiary/aromatic N) is 4.